The SMILES string of the molecule is COCO[C@H]1C[C@H]2O[C@H](C/C=C/[C@@H]3O[C@@H]4C[C@@H](O[C@H]4/C=C/C=C\C=C/C(=O)O[C@H]4C=C[C@H](C/C=C/CC/C=C/[C@@H]5OC(C)(C)O[C@@H]52)O[C@H]4/C(C)=C/[C@H](C)CCCCC(=O)OC(C)(C)C)[C@H]3C)[C@@H]1C. The lowest BCUT2D eigenvalue weighted by Gasteiger charge is -2.42. The molecule has 0 aromatic carbocycles. The molecule has 7 rings (SSSR count). The van der Waals surface area contributed by atoms with Gasteiger partial charge in [-0.25, -0.2) is 4.79 Å². The molecule has 0 aliphatic carbocycles. The smallest absolute Gasteiger partial charge is 0.331 e. The largest absolute Gasteiger partial charge is 0.460 e. The van der Waals surface area contributed by atoms with Crippen LogP contribution in [0.5, 0.6) is 0 Å². The standard InChI is InChI=1S/C56H82O12/c1-37(23-20-21-30-52(58)67-55(5,6)7)33-38(2)53-45-32-31-41(61-53)24-16-12-11-13-18-26-46-54(68-56(8,9)66-46)50-34-47(60-36-59-10)39(3)42(63-50)27-22-28-43-40(4)48-35-49(62-43)44(64-48)25-17-14-15-19-29-51(57)65-45/h12,14-19,22,25-26,28-29,31-33,37,39-50,53-54H,11,13,20-21,23-24,27,30,34-36H2,1-10H3/b15-14-,16-12+,25-17+,26-18+,28-22+,29-19-,38-33+/t37-,39+,40+,41+,42-,43+,44+,45+,46+,47+,48-,49-,50-,53+,54+/m1/s1. The van der Waals surface area contributed by atoms with E-state index in [4.69, 9.17) is 47.4 Å². The van der Waals surface area contributed by atoms with E-state index >= 15 is 0 Å². The summed E-state index contributed by atoms with van der Waals surface area (Å²) in [7, 11) is 1.65. The van der Waals surface area contributed by atoms with Crippen LogP contribution in [0.15, 0.2) is 96.7 Å². The average Bonchev–Trinajstić information content (AvgIpc) is 3.79. The number of hydrogen-bond donors (Lipinski definition) is 0. The predicted molar refractivity (Wildman–Crippen MR) is 262 cm³/mol. The first kappa shape index (κ1) is 53.9. The van der Waals surface area contributed by atoms with E-state index in [1.165, 1.54) is 6.08 Å². The van der Waals surface area contributed by atoms with Crippen LogP contribution in [-0.2, 0) is 57.0 Å². The first-order chi connectivity index (χ1) is 32.5. The Morgan fingerprint density at radius 2 is 1.54 bits per heavy atom. The molecule has 0 aromatic rings. The highest BCUT2D eigenvalue weighted by molar-refractivity contribution is 5.82. The van der Waals surface area contributed by atoms with Crippen LogP contribution in [0.4, 0.5) is 0 Å². The summed E-state index contributed by atoms with van der Waals surface area (Å²) in [6, 6.07) is 0. The van der Waals surface area contributed by atoms with Gasteiger partial charge in [-0.05, 0) is 97.6 Å². The third kappa shape index (κ3) is 16.3. The highest BCUT2D eigenvalue weighted by Gasteiger charge is 2.49. The van der Waals surface area contributed by atoms with E-state index in [2.05, 4.69) is 63.3 Å². The van der Waals surface area contributed by atoms with E-state index in [1.54, 1.807) is 13.2 Å². The van der Waals surface area contributed by atoms with Crippen molar-refractivity contribution in [1.82, 2.24) is 0 Å². The summed E-state index contributed by atoms with van der Waals surface area (Å²) >= 11 is 0. The zero-order valence-corrected chi connectivity index (χ0v) is 42.5. The molecular weight excluding hydrogens is 865 g/mol. The molecule has 7 aliphatic rings. The van der Waals surface area contributed by atoms with Gasteiger partial charge >= 0.3 is 11.9 Å². The summed E-state index contributed by atoms with van der Waals surface area (Å²) < 4.78 is 62.9. The fourth-order valence-corrected chi connectivity index (χ4v) is 10.0. The predicted octanol–water partition coefficient (Wildman–Crippen LogP) is 10.5. The number of rotatable bonds is 10. The molecule has 0 unspecified atom stereocenters. The molecule has 378 valence electrons. The minimum Gasteiger partial charge on any atom is -0.460 e. The summed E-state index contributed by atoms with van der Waals surface area (Å²) in [6.07, 6.45) is 35.0. The lowest BCUT2D eigenvalue weighted by atomic mass is 9.85. The normalized spacial score (nSPS) is 39.1. The lowest BCUT2D eigenvalue weighted by Crippen LogP contribution is -2.50. The van der Waals surface area contributed by atoms with Crippen LogP contribution in [-0.4, -0.2) is 110 Å². The maximum atomic E-state index is 13.2. The Balaban J connectivity index is 1.17. The molecule has 12 nitrogen and oxygen atoms in total. The first-order valence-corrected chi connectivity index (χ1v) is 25.4. The minimum atomic E-state index is -0.769. The Morgan fingerprint density at radius 3 is 2.34 bits per heavy atom. The molecule has 12 heteroatoms. The molecular formula is C56H82O12. The van der Waals surface area contributed by atoms with Crippen molar-refractivity contribution < 1.29 is 57.0 Å². The Bertz CT molecular complexity index is 1870. The van der Waals surface area contributed by atoms with E-state index in [9.17, 15) is 9.59 Å². The maximum Gasteiger partial charge on any atom is 0.331 e. The molecule has 7 heterocycles. The van der Waals surface area contributed by atoms with Crippen LogP contribution in [0, 0.1) is 17.8 Å². The van der Waals surface area contributed by atoms with Crippen LogP contribution in [0.1, 0.15) is 127 Å². The molecule has 4 saturated heterocycles. The quantitative estimate of drug-likeness (QED) is 0.0895. The third-order valence-electron chi connectivity index (χ3n) is 13.5. The van der Waals surface area contributed by atoms with Gasteiger partial charge in [0.25, 0.3) is 0 Å². The van der Waals surface area contributed by atoms with E-state index in [-0.39, 0.29) is 91.6 Å². The van der Waals surface area contributed by atoms with Crippen molar-refractivity contribution in [2.75, 3.05) is 13.9 Å². The highest BCUT2D eigenvalue weighted by atomic mass is 16.8. The summed E-state index contributed by atoms with van der Waals surface area (Å²) in [6.45, 7) is 18.4. The van der Waals surface area contributed by atoms with Gasteiger partial charge in [0.15, 0.2) is 11.9 Å². The number of fused-ring (bicyclic) bond motifs is 11. The molecule has 0 radical (unpaired) electrons. The van der Waals surface area contributed by atoms with Gasteiger partial charge in [-0.3, -0.25) is 4.79 Å². The van der Waals surface area contributed by atoms with Gasteiger partial charge in [0, 0.05) is 44.3 Å². The molecule has 0 amide bonds. The van der Waals surface area contributed by atoms with Gasteiger partial charge < -0.3 is 47.4 Å². The number of unbranched alkanes of at least 4 members (excludes halogenated alkanes) is 1. The molecule has 68 heavy (non-hydrogen) atoms. The number of methoxy groups -OCH3 is 1. The maximum absolute atomic E-state index is 13.2. The summed E-state index contributed by atoms with van der Waals surface area (Å²) in [5, 5.41) is 0. The van der Waals surface area contributed by atoms with Crippen molar-refractivity contribution in [3.05, 3.63) is 96.7 Å². The van der Waals surface area contributed by atoms with Crippen molar-refractivity contribution in [3.63, 3.8) is 0 Å². The summed E-state index contributed by atoms with van der Waals surface area (Å²) in [5.41, 5.74) is 0.519. The number of carbonyl (C=O) groups excluding carboxylic acids is 2. The Labute approximate surface area is 407 Å². The number of esters is 2. The van der Waals surface area contributed by atoms with E-state index in [1.807, 2.05) is 78.0 Å². The van der Waals surface area contributed by atoms with Gasteiger partial charge in [0.2, 0.25) is 0 Å². The van der Waals surface area contributed by atoms with Gasteiger partial charge in [-0.2, -0.15) is 0 Å². The number of ether oxygens (including phenoxy) is 10. The van der Waals surface area contributed by atoms with Gasteiger partial charge in [0.05, 0.1) is 42.7 Å². The van der Waals surface area contributed by atoms with Crippen LogP contribution in [0.2, 0.25) is 0 Å². The van der Waals surface area contributed by atoms with E-state index in [0.29, 0.717) is 25.7 Å². The van der Waals surface area contributed by atoms with Crippen molar-refractivity contribution in [1.29, 1.82) is 0 Å². The molecule has 0 spiro atoms. The monoisotopic (exact) mass is 947 g/mol. The second kappa shape index (κ2) is 25.6. The van der Waals surface area contributed by atoms with E-state index in [0.717, 1.165) is 44.1 Å². The Hall–Kier alpha value is -3.46. The van der Waals surface area contributed by atoms with Crippen molar-refractivity contribution in [3.8, 4) is 0 Å². The molecule has 7 aliphatic heterocycles. The number of carbonyl (C=O) groups is 2. The zero-order valence-electron chi connectivity index (χ0n) is 42.5. The second-order valence-electron chi connectivity index (χ2n) is 21.0. The number of hydrogen-bond acceptors (Lipinski definition) is 12. The van der Waals surface area contributed by atoms with Crippen LogP contribution >= 0.6 is 0 Å². The Morgan fingerprint density at radius 1 is 0.779 bits per heavy atom. The molecule has 4 fully saturated rings. The third-order valence-corrected chi connectivity index (χ3v) is 13.5. The Kier molecular flexibility index (Phi) is 20.3. The van der Waals surface area contributed by atoms with Crippen LogP contribution in [0.3, 0.4) is 0 Å². The minimum absolute atomic E-state index is 0.0571. The summed E-state index contributed by atoms with van der Waals surface area (Å²) in [4.78, 5) is 25.4. The van der Waals surface area contributed by atoms with E-state index < -0.39 is 29.6 Å². The van der Waals surface area contributed by atoms with Gasteiger partial charge in [-0.15, -0.1) is 0 Å². The molecule has 0 saturated carbocycles. The molecule has 0 aromatic heterocycles. The highest BCUT2D eigenvalue weighted by Crippen LogP contribution is 2.41. The molecule has 0 N–H and O–H groups in total. The number of allylic oxidation sites excluding steroid dienone is 7. The second-order valence-corrected chi connectivity index (χ2v) is 21.0. The fourth-order valence-electron chi connectivity index (χ4n) is 10.0. The average molecular weight is 947 g/mol. The van der Waals surface area contributed by atoms with Gasteiger partial charge in [-0.1, -0.05) is 106 Å². The molecule has 7 bridgehead atoms. The van der Waals surface area contributed by atoms with Crippen LogP contribution in [0.25, 0.3) is 0 Å². The topological polar surface area (TPSA) is 126 Å². The van der Waals surface area contributed by atoms with Crippen molar-refractivity contribution in [2.45, 2.75) is 211 Å². The molecule has 15 atom stereocenters. The first-order valence-electron chi connectivity index (χ1n) is 25.4. The lowest BCUT2D eigenvalue weighted by molar-refractivity contribution is -0.210. The van der Waals surface area contributed by atoms with Gasteiger partial charge in [0.1, 0.15) is 36.8 Å². The summed E-state index contributed by atoms with van der Waals surface area (Å²) in [5.74, 6) is -0.842. The van der Waals surface area contributed by atoms with Crippen molar-refractivity contribution in [2.24, 2.45) is 17.8 Å². The zero-order chi connectivity index (χ0) is 48.8. The van der Waals surface area contributed by atoms with Crippen LogP contribution < -0.4 is 0 Å². The fraction of sp³-hybridized carbons (Fsp3) is 0.679. The van der Waals surface area contributed by atoms with Crippen molar-refractivity contribution >= 4 is 11.9 Å².